The average molecular weight is 371 g/mol. The van der Waals surface area contributed by atoms with Crippen LogP contribution in [0.25, 0.3) is 5.82 Å². The van der Waals surface area contributed by atoms with Crippen LogP contribution in [0.5, 0.6) is 0 Å². The lowest BCUT2D eigenvalue weighted by atomic mass is 10.2. The van der Waals surface area contributed by atoms with Gasteiger partial charge in [0.25, 0.3) is 0 Å². The van der Waals surface area contributed by atoms with Gasteiger partial charge in [-0.3, -0.25) is 4.90 Å². The molecule has 0 saturated carbocycles. The largest absolute Gasteiger partial charge is 0.379 e. The van der Waals surface area contributed by atoms with Gasteiger partial charge in [0.15, 0.2) is 11.8 Å². The summed E-state index contributed by atoms with van der Waals surface area (Å²) in [7, 11) is 0. The van der Waals surface area contributed by atoms with Crippen molar-refractivity contribution in [1.29, 1.82) is 0 Å². The number of nitrogens with zero attached hydrogens (tertiary/aromatic N) is 5. The lowest BCUT2D eigenvalue weighted by Crippen LogP contribution is -2.49. The molecule has 0 spiro atoms. The Hall–Kier alpha value is -2.45. The Morgan fingerprint density at radius 1 is 1.30 bits per heavy atom. The lowest BCUT2D eigenvalue weighted by molar-refractivity contribution is 0.0211. The highest BCUT2D eigenvalue weighted by atomic mass is 16.5. The van der Waals surface area contributed by atoms with Gasteiger partial charge in [-0.1, -0.05) is 0 Å². The number of rotatable bonds is 7. The first-order valence-corrected chi connectivity index (χ1v) is 9.55. The SMILES string of the molecule is CCNC(=NCc1ccnc(-n2cccn2)c1)NCC(C)N1CCOCC1. The number of hydrogen-bond acceptors (Lipinski definition) is 5. The molecule has 3 heterocycles. The van der Waals surface area contributed by atoms with E-state index in [1.54, 1.807) is 17.1 Å². The van der Waals surface area contributed by atoms with Gasteiger partial charge >= 0.3 is 0 Å². The quantitative estimate of drug-likeness (QED) is 0.559. The summed E-state index contributed by atoms with van der Waals surface area (Å²) in [6, 6.07) is 6.31. The van der Waals surface area contributed by atoms with Gasteiger partial charge in [0.05, 0.1) is 19.8 Å². The van der Waals surface area contributed by atoms with Crippen LogP contribution in [0.2, 0.25) is 0 Å². The molecule has 8 heteroatoms. The van der Waals surface area contributed by atoms with Crippen LogP contribution in [-0.2, 0) is 11.3 Å². The van der Waals surface area contributed by atoms with E-state index in [1.165, 1.54) is 0 Å². The van der Waals surface area contributed by atoms with Crippen molar-refractivity contribution in [1.82, 2.24) is 30.3 Å². The Balaban J connectivity index is 1.57. The molecule has 1 aliphatic heterocycles. The Morgan fingerprint density at radius 2 is 2.15 bits per heavy atom. The number of hydrogen-bond donors (Lipinski definition) is 2. The standard InChI is InChI=1S/C19H29N7O/c1-3-20-19(22-14-16(2)25-9-11-27-12-10-25)23-15-17-5-7-21-18(13-17)26-8-4-6-24-26/h4-8,13,16H,3,9-12,14-15H2,1-2H3,(H2,20,22,23). The van der Waals surface area contributed by atoms with Crippen molar-refractivity contribution in [3.8, 4) is 5.82 Å². The summed E-state index contributed by atoms with van der Waals surface area (Å²) in [5.74, 6) is 1.63. The molecule has 0 bridgehead atoms. The van der Waals surface area contributed by atoms with E-state index in [-0.39, 0.29) is 0 Å². The van der Waals surface area contributed by atoms with Gasteiger partial charge < -0.3 is 15.4 Å². The molecule has 0 aromatic carbocycles. The normalized spacial score (nSPS) is 16.9. The number of aliphatic imine (C=N–C) groups is 1. The van der Waals surface area contributed by atoms with Gasteiger partial charge in [0.2, 0.25) is 0 Å². The fraction of sp³-hybridized carbons (Fsp3) is 0.526. The molecule has 2 aromatic rings. The Kier molecular flexibility index (Phi) is 7.18. The fourth-order valence-electron chi connectivity index (χ4n) is 2.99. The highest BCUT2D eigenvalue weighted by Gasteiger charge is 2.16. The van der Waals surface area contributed by atoms with Gasteiger partial charge in [-0.2, -0.15) is 5.10 Å². The van der Waals surface area contributed by atoms with Gasteiger partial charge in [-0.25, -0.2) is 14.7 Å². The Labute approximate surface area is 160 Å². The van der Waals surface area contributed by atoms with Crippen LogP contribution in [0, 0.1) is 0 Å². The molecule has 1 saturated heterocycles. The lowest BCUT2D eigenvalue weighted by Gasteiger charge is -2.32. The molecule has 1 atom stereocenters. The molecule has 2 aromatic heterocycles. The predicted molar refractivity (Wildman–Crippen MR) is 106 cm³/mol. The van der Waals surface area contributed by atoms with Crippen LogP contribution in [0.3, 0.4) is 0 Å². The third kappa shape index (κ3) is 5.77. The van der Waals surface area contributed by atoms with Crippen molar-refractivity contribution in [3.63, 3.8) is 0 Å². The van der Waals surface area contributed by atoms with Gasteiger partial charge in [-0.15, -0.1) is 0 Å². The average Bonchev–Trinajstić information content (AvgIpc) is 3.26. The van der Waals surface area contributed by atoms with Crippen LogP contribution in [0.15, 0.2) is 41.8 Å². The fourth-order valence-corrected chi connectivity index (χ4v) is 2.99. The molecule has 3 rings (SSSR count). The van der Waals surface area contributed by atoms with E-state index in [0.29, 0.717) is 12.6 Å². The number of aromatic nitrogens is 3. The minimum absolute atomic E-state index is 0.435. The smallest absolute Gasteiger partial charge is 0.191 e. The van der Waals surface area contributed by atoms with E-state index >= 15 is 0 Å². The van der Waals surface area contributed by atoms with Crippen LogP contribution >= 0.6 is 0 Å². The highest BCUT2D eigenvalue weighted by Crippen LogP contribution is 2.07. The third-order valence-corrected chi connectivity index (χ3v) is 4.55. The van der Waals surface area contributed by atoms with Gasteiger partial charge in [-0.05, 0) is 37.6 Å². The summed E-state index contributed by atoms with van der Waals surface area (Å²) in [6.07, 6.45) is 5.42. The molecule has 1 fully saturated rings. The van der Waals surface area contributed by atoms with Crippen LogP contribution in [0.4, 0.5) is 0 Å². The minimum atomic E-state index is 0.435. The molecular formula is C19H29N7O. The number of ether oxygens (including phenoxy) is 1. The van der Waals surface area contributed by atoms with Gasteiger partial charge in [0.1, 0.15) is 0 Å². The zero-order valence-electron chi connectivity index (χ0n) is 16.1. The first-order chi connectivity index (χ1) is 13.3. The summed E-state index contributed by atoms with van der Waals surface area (Å²) in [4.78, 5) is 11.5. The van der Waals surface area contributed by atoms with E-state index in [0.717, 1.165) is 56.7 Å². The van der Waals surface area contributed by atoms with Crippen molar-refractivity contribution in [2.75, 3.05) is 39.4 Å². The maximum atomic E-state index is 5.43. The zero-order valence-corrected chi connectivity index (χ0v) is 16.1. The van der Waals surface area contributed by atoms with Crippen molar-refractivity contribution >= 4 is 5.96 Å². The van der Waals surface area contributed by atoms with E-state index in [2.05, 4.69) is 39.5 Å². The topological polar surface area (TPSA) is 79.6 Å². The molecule has 1 aliphatic rings. The highest BCUT2D eigenvalue weighted by molar-refractivity contribution is 5.79. The molecule has 0 aliphatic carbocycles. The Bertz CT molecular complexity index is 711. The molecule has 0 amide bonds. The van der Waals surface area contributed by atoms with Crippen LogP contribution < -0.4 is 10.6 Å². The van der Waals surface area contributed by atoms with Crippen LogP contribution in [-0.4, -0.2) is 71.1 Å². The Morgan fingerprint density at radius 3 is 2.89 bits per heavy atom. The number of guanidine groups is 1. The van der Waals surface area contributed by atoms with Crippen molar-refractivity contribution in [2.24, 2.45) is 4.99 Å². The van der Waals surface area contributed by atoms with E-state index < -0.39 is 0 Å². The van der Waals surface area contributed by atoms with Crippen molar-refractivity contribution in [2.45, 2.75) is 26.4 Å². The second-order valence-corrected chi connectivity index (χ2v) is 6.55. The molecule has 146 valence electrons. The number of nitrogens with one attached hydrogen (secondary N) is 2. The summed E-state index contributed by atoms with van der Waals surface area (Å²) in [6.45, 7) is 10.2. The summed E-state index contributed by atoms with van der Waals surface area (Å²) in [5.41, 5.74) is 1.09. The minimum Gasteiger partial charge on any atom is -0.379 e. The third-order valence-electron chi connectivity index (χ3n) is 4.55. The van der Waals surface area contributed by atoms with Crippen molar-refractivity contribution < 1.29 is 4.74 Å². The molecule has 1 unspecified atom stereocenters. The van der Waals surface area contributed by atoms with E-state index in [4.69, 9.17) is 9.73 Å². The monoisotopic (exact) mass is 371 g/mol. The second-order valence-electron chi connectivity index (χ2n) is 6.55. The molecule has 0 radical (unpaired) electrons. The molecule has 2 N–H and O–H groups in total. The summed E-state index contributed by atoms with van der Waals surface area (Å²) in [5, 5.41) is 11.0. The maximum absolute atomic E-state index is 5.43. The first-order valence-electron chi connectivity index (χ1n) is 9.55. The summed E-state index contributed by atoms with van der Waals surface area (Å²) < 4.78 is 7.18. The zero-order chi connectivity index (χ0) is 18.9. The molecular weight excluding hydrogens is 342 g/mol. The second kappa shape index (κ2) is 10.0. The molecule has 27 heavy (non-hydrogen) atoms. The first kappa shape index (κ1) is 19.3. The van der Waals surface area contributed by atoms with Crippen LogP contribution in [0.1, 0.15) is 19.4 Å². The maximum Gasteiger partial charge on any atom is 0.191 e. The molecule has 8 nitrogen and oxygen atoms in total. The van der Waals surface area contributed by atoms with Gasteiger partial charge in [0, 0.05) is 50.8 Å². The van der Waals surface area contributed by atoms with Crippen molar-refractivity contribution in [3.05, 3.63) is 42.4 Å². The number of pyridine rings is 1. The number of morpholine rings is 1. The predicted octanol–water partition coefficient (Wildman–Crippen LogP) is 1.04. The van der Waals surface area contributed by atoms with E-state index in [9.17, 15) is 0 Å². The summed E-state index contributed by atoms with van der Waals surface area (Å²) >= 11 is 0. The van der Waals surface area contributed by atoms with E-state index in [1.807, 2.05) is 24.4 Å².